The molecule has 0 bridgehead atoms. The average molecular weight is 245 g/mol. The lowest BCUT2D eigenvalue weighted by molar-refractivity contribution is 0.210. The third kappa shape index (κ3) is 2.32. The Morgan fingerprint density at radius 2 is 2.06 bits per heavy atom. The Bertz CT molecular complexity index is 508. The lowest BCUT2D eigenvalue weighted by Crippen LogP contribution is -2.42. The third-order valence-corrected chi connectivity index (χ3v) is 2.97. The van der Waals surface area contributed by atoms with Crippen molar-refractivity contribution in [1.29, 1.82) is 5.41 Å². The van der Waals surface area contributed by atoms with E-state index in [2.05, 4.69) is 4.98 Å². The topological polar surface area (TPSA) is 109 Å². The second kappa shape index (κ2) is 4.87. The van der Waals surface area contributed by atoms with Crippen LogP contribution in [0.15, 0.2) is 35.8 Å². The van der Waals surface area contributed by atoms with Gasteiger partial charge in [0, 0.05) is 42.2 Å². The molecule has 2 heterocycles. The molecule has 0 aromatic carbocycles. The maximum absolute atomic E-state index is 11.2. The number of hydrogen-bond acceptors (Lipinski definition) is 4. The van der Waals surface area contributed by atoms with Crippen molar-refractivity contribution < 1.29 is 4.79 Å². The van der Waals surface area contributed by atoms with E-state index in [0.717, 1.165) is 5.56 Å². The number of aromatic nitrogens is 1. The number of hydrogen-bond donors (Lipinski definition) is 3. The molecule has 6 nitrogen and oxygen atoms in total. The second-order valence-corrected chi connectivity index (χ2v) is 4.12. The second-order valence-electron chi connectivity index (χ2n) is 4.12. The van der Waals surface area contributed by atoms with Gasteiger partial charge in [0.2, 0.25) is 0 Å². The van der Waals surface area contributed by atoms with E-state index in [1.807, 2.05) is 0 Å². The highest BCUT2D eigenvalue weighted by atomic mass is 16.2. The molecule has 1 aromatic heterocycles. The first-order valence-corrected chi connectivity index (χ1v) is 5.61. The van der Waals surface area contributed by atoms with Crippen LogP contribution in [0.4, 0.5) is 4.79 Å². The average Bonchev–Trinajstić information content (AvgIpc) is 2.39. The van der Waals surface area contributed by atoms with Crippen LogP contribution in [0.5, 0.6) is 0 Å². The van der Waals surface area contributed by atoms with Crippen molar-refractivity contribution in [3.63, 3.8) is 0 Å². The van der Waals surface area contributed by atoms with Crippen molar-refractivity contribution >= 4 is 11.7 Å². The van der Waals surface area contributed by atoms with E-state index in [1.165, 1.54) is 4.90 Å². The van der Waals surface area contributed by atoms with Crippen LogP contribution in [0, 0.1) is 5.41 Å². The fourth-order valence-corrected chi connectivity index (χ4v) is 1.90. The molecule has 0 saturated heterocycles. The van der Waals surface area contributed by atoms with E-state index in [4.69, 9.17) is 16.9 Å². The summed E-state index contributed by atoms with van der Waals surface area (Å²) < 4.78 is 0. The minimum atomic E-state index is -0.484. The monoisotopic (exact) mass is 245 g/mol. The number of carbonyl (C=O) groups excluding carboxylic acids is 1. The molecule has 0 fully saturated rings. The zero-order valence-electron chi connectivity index (χ0n) is 9.89. The number of pyridine rings is 1. The van der Waals surface area contributed by atoms with Crippen LogP contribution in [0.25, 0.3) is 0 Å². The van der Waals surface area contributed by atoms with Crippen molar-refractivity contribution in [3.05, 3.63) is 41.4 Å². The molecule has 6 heteroatoms. The van der Waals surface area contributed by atoms with Crippen molar-refractivity contribution in [2.75, 3.05) is 13.1 Å². The van der Waals surface area contributed by atoms with E-state index in [1.54, 1.807) is 24.5 Å². The molecule has 0 radical (unpaired) electrons. The Morgan fingerprint density at radius 3 is 2.67 bits per heavy atom. The highest BCUT2D eigenvalue weighted by Gasteiger charge is 2.22. The fraction of sp³-hybridized carbons (Fsp3) is 0.250. The summed E-state index contributed by atoms with van der Waals surface area (Å²) in [6.45, 7) is 0.802. The zero-order valence-corrected chi connectivity index (χ0v) is 9.89. The van der Waals surface area contributed by atoms with E-state index >= 15 is 0 Å². The third-order valence-electron chi connectivity index (χ3n) is 2.97. The minimum Gasteiger partial charge on any atom is -0.402 e. The molecule has 2 rings (SSSR count). The predicted molar refractivity (Wildman–Crippen MR) is 68.1 cm³/mol. The Hall–Kier alpha value is -2.37. The first kappa shape index (κ1) is 12.1. The van der Waals surface area contributed by atoms with Gasteiger partial charge in [0.25, 0.3) is 0 Å². The van der Waals surface area contributed by atoms with E-state index in [-0.39, 0.29) is 0 Å². The van der Waals surface area contributed by atoms with Gasteiger partial charge in [-0.3, -0.25) is 10.4 Å². The van der Waals surface area contributed by atoms with Gasteiger partial charge in [-0.15, -0.1) is 0 Å². The van der Waals surface area contributed by atoms with E-state index in [9.17, 15) is 4.79 Å². The van der Waals surface area contributed by atoms with Crippen LogP contribution >= 0.6 is 0 Å². The zero-order chi connectivity index (χ0) is 13.1. The highest BCUT2D eigenvalue weighted by molar-refractivity contribution is 6.11. The number of nitrogens with zero attached hydrogens (tertiary/aromatic N) is 2. The number of urea groups is 1. The fourth-order valence-electron chi connectivity index (χ4n) is 1.90. The van der Waals surface area contributed by atoms with Crippen LogP contribution in [-0.2, 0) is 0 Å². The van der Waals surface area contributed by atoms with Crippen LogP contribution in [0.1, 0.15) is 12.0 Å². The normalized spacial score (nSPS) is 15.7. The summed E-state index contributed by atoms with van der Waals surface area (Å²) in [5.41, 5.74) is 13.5. The van der Waals surface area contributed by atoms with Crippen molar-refractivity contribution in [3.8, 4) is 0 Å². The van der Waals surface area contributed by atoms with Crippen LogP contribution < -0.4 is 11.5 Å². The molecule has 1 aliphatic heterocycles. The molecule has 2 amide bonds. The molecular formula is C12H15N5O. The maximum atomic E-state index is 11.2. The van der Waals surface area contributed by atoms with Gasteiger partial charge in [-0.05, 0) is 12.1 Å². The number of primary amides is 1. The molecule has 0 atom stereocenters. The minimum absolute atomic E-state index is 0.294. The van der Waals surface area contributed by atoms with Crippen LogP contribution in [0.3, 0.4) is 0 Å². The van der Waals surface area contributed by atoms with Crippen molar-refractivity contribution in [2.24, 2.45) is 11.5 Å². The summed E-state index contributed by atoms with van der Waals surface area (Å²) in [5.74, 6) is 0. The smallest absolute Gasteiger partial charge is 0.315 e. The summed E-state index contributed by atoms with van der Waals surface area (Å²) in [4.78, 5) is 16.6. The van der Waals surface area contributed by atoms with E-state index < -0.39 is 6.03 Å². The number of rotatable bonds is 2. The first-order valence-electron chi connectivity index (χ1n) is 5.61. The lowest BCUT2D eigenvalue weighted by Gasteiger charge is -2.28. The number of amides is 2. The van der Waals surface area contributed by atoms with Gasteiger partial charge in [0.1, 0.15) is 0 Å². The van der Waals surface area contributed by atoms with Gasteiger partial charge in [-0.1, -0.05) is 0 Å². The molecule has 94 valence electrons. The van der Waals surface area contributed by atoms with Crippen LogP contribution in [0.2, 0.25) is 0 Å². The Labute approximate surface area is 105 Å². The van der Waals surface area contributed by atoms with Gasteiger partial charge in [0.15, 0.2) is 0 Å². The van der Waals surface area contributed by atoms with Gasteiger partial charge in [0.05, 0.1) is 12.3 Å². The predicted octanol–water partition coefficient (Wildman–Crippen LogP) is 0.447. The van der Waals surface area contributed by atoms with Gasteiger partial charge in [-0.25, -0.2) is 4.79 Å². The summed E-state index contributed by atoms with van der Waals surface area (Å²) in [7, 11) is 0. The van der Waals surface area contributed by atoms with Crippen molar-refractivity contribution in [2.45, 2.75) is 6.42 Å². The molecule has 5 N–H and O–H groups in total. The summed E-state index contributed by atoms with van der Waals surface area (Å²) in [6, 6.07) is 3.00. The molecule has 1 aromatic rings. The summed E-state index contributed by atoms with van der Waals surface area (Å²) in [6.07, 6.45) is 3.79. The van der Waals surface area contributed by atoms with Crippen LogP contribution in [-0.4, -0.2) is 34.7 Å². The van der Waals surface area contributed by atoms with Gasteiger partial charge in [-0.2, -0.15) is 0 Å². The van der Waals surface area contributed by atoms with Gasteiger partial charge >= 0.3 is 6.03 Å². The number of nitrogens with one attached hydrogen (secondary N) is 1. The molecule has 0 saturated carbocycles. The first-order chi connectivity index (χ1) is 8.59. The Kier molecular flexibility index (Phi) is 3.27. The molecule has 18 heavy (non-hydrogen) atoms. The highest BCUT2D eigenvalue weighted by Crippen LogP contribution is 2.18. The van der Waals surface area contributed by atoms with E-state index in [0.29, 0.717) is 36.5 Å². The Balaban J connectivity index is 2.26. The van der Waals surface area contributed by atoms with Gasteiger partial charge < -0.3 is 16.4 Å². The lowest BCUT2D eigenvalue weighted by atomic mass is 9.97. The van der Waals surface area contributed by atoms with Crippen molar-refractivity contribution in [1.82, 2.24) is 9.88 Å². The largest absolute Gasteiger partial charge is 0.402 e. The number of nitrogens with two attached hydrogens (primary N) is 2. The molecule has 1 aliphatic rings. The maximum Gasteiger partial charge on any atom is 0.315 e. The molecular weight excluding hydrogens is 230 g/mol. The summed E-state index contributed by atoms with van der Waals surface area (Å²) >= 11 is 0. The molecule has 0 aliphatic carbocycles. The summed E-state index contributed by atoms with van der Waals surface area (Å²) in [5, 5.41) is 8.14. The standard InChI is InChI=1S/C12H15N5O/c13-10-3-6-17(12(15)18)7-9(10)11(14)8-1-4-16-5-2-8/h1-2,4-5,14H,3,6-7,13H2,(H2,15,18). The number of carbonyl (C=O) groups is 1. The Morgan fingerprint density at radius 1 is 1.39 bits per heavy atom. The quantitative estimate of drug-likeness (QED) is 0.658. The molecule has 0 unspecified atom stereocenters. The molecule has 0 spiro atoms. The SMILES string of the molecule is N=C(C1=C(N)CCN(C(N)=O)C1)c1ccncc1.